The van der Waals surface area contributed by atoms with Crippen LogP contribution in [0, 0.1) is 17.1 Å². The summed E-state index contributed by atoms with van der Waals surface area (Å²) in [6.07, 6.45) is 2.60. The zero-order valence-corrected chi connectivity index (χ0v) is 13.2. The van der Waals surface area contributed by atoms with Crippen molar-refractivity contribution in [2.75, 3.05) is 0 Å². The number of carboxylic acids is 1. The minimum absolute atomic E-state index is 0.0802. The smallest absolute Gasteiger partial charge is 0.324 e. The van der Waals surface area contributed by atoms with Crippen LogP contribution in [0.3, 0.4) is 0 Å². The summed E-state index contributed by atoms with van der Waals surface area (Å²) in [7, 11) is -3.99. The molecule has 0 heterocycles. The molecule has 1 saturated carbocycles. The van der Waals surface area contributed by atoms with Crippen LogP contribution < -0.4 is 4.72 Å². The third-order valence-corrected chi connectivity index (χ3v) is 5.40. The normalized spacial score (nSPS) is 17.4. The molecule has 1 aliphatic rings. The molecule has 1 aromatic carbocycles. The van der Waals surface area contributed by atoms with E-state index in [-0.39, 0.29) is 24.0 Å². The van der Waals surface area contributed by atoms with Gasteiger partial charge in [-0.05, 0) is 30.5 Å². The third-order valence-electron chi connectivity index (χ3n) is 4.01. The first-order valence-corrected chi connectivity index (χ1v) is 8.87. The number of nitrogens with zero attached hydrogens (tertiary/aromatic N) is 1. The lowest BCUT2D eigenvalue weighted by Crippen LogP contribution is -2.55. The summed E-state index contributed by atoms with van der Waals surface area (Å²) >= 11 is 0. The van der Waals surface area contributed by atoms with Gasteiger partial charge in [-0.2, -0.15) is 9.98 Å². The molecular weight excluding hydrogens is 323 g/mol. The summed E-state index contributed by atoms with van der Waals surface area (Å²) in [5.74, 6) is -2.39. The molecule has 0 saturated heterocycles. The number of aliphatic carboxylic acids is 1. The Morgan fingerprint density at radius 3 is 2.57 bits per heavy atom. The monoisotopic (exact) mass is 340 g/mol. The van der Waals surface area contributed by atoms with E-state index in [1.54, 1.807) is 6.07 Å². The highest BCUT2D eigenvalue weighted by molar-refractivity contribution is 7.88. The van der Waals surface area contributed by atoms with Crippen LogP contribution in [-0.4, -0.2) is 25.0 Å². The lowest BCUT2D eigenvalue weighted by Gasteiger charge is -2.33. The molecule has 0 unspecified atom stereocenters. The van der Waals surface area contributed by atoms with Gasteiger partial charge < -0.3 is 5.11 Å². The fourth-order valence-corrected chi connectivity index (χ4v) is 4.45. The standard InChI is InChI=1S/C15H17FN2O4S/c16-13-5-4-11(12(8-13)9-17)10-23(21,22)18-15(14(19)20)6-2-1-3-7-15/h4-5,8,18H,1-3,6-7,10H2,(H,19,20). The van der Waals surface area contributed by atoms with Crippen molar-refractivity contribution in [1.29, 1.82) is 5.26 Å². The summed E-state index contributed by atoms with van der Waals surface area (Å²) in [4.78, 5) is 11.5. The van der Waals surface area contributed by atoms with Gasteiger partial charge in [-0.25, -0.2) is 12.8 Å². The number of hydrogen-bond donors (Lipinski definition) is 2. The van der Waals surface area contributed by atoms with Gasteiger partial charge in [0.05, 0.1) is 17.4 Å². The maximum Gasteiger partial charge on any atom is 0.324 e. The van der Waals surface area contributed by atoms with Gasteiger partial charge >= 0.3 is 5.97 Å². The Labute approximate surface area is 134 Å². The number of nitriles is 1. The molecule has 6 nitrogen and oxygen atoms in total. The molecule has 1 aromatic rings. The van der Waals surface area contributed by atoms with Crippen LogP contribution in [-0.2, 0) is 20.6 Å². The molecule has 23 heavy (non-hydrogen) atoms. The van der Waals surface area contributed by atoms with Crippen molar-refractivity contribution in [1.82, 2.24) is 4.72 Å². The van der Waals surface area contributed by atoms with Crippen molar-refractivity contribution < 1.29 is 22.7 Å². The third kappa shape index (κ3) is 4.06. The highest BCUT2D eigenvalue weighted by atomic mass is 32.2. The van der Waals surface area contributed by atoms with Gasteiger partial charge in [0.25, 0.3) is 0 Å². The van der Waals surface area contributed by atoms with Gasteiger partial charge in [0.1, 0.15) is 11.4 Å². The minimum Gasteiger partial charge on any atom is -0.480 e. The predicted molar refractivity (Wildman–Crippen MR) is 80.3 cm³/mol. The first kappa shape index (κ1) is 17.4. The van der Waals surface area contributed by atoms with Gasteiger partial charge in [0.15, 0.2) is 0 Å². The molecule has 0 bridgehead atoms. The number of nitrogens with one attached hydrogen (secondary N) is 1. The van der Waals surface area contributed by atoms with E-state index < -0.39 is 33.1 Å². The van der Waals surface area contributed by atoms with Crippen molar-refractivity contribution in [2.45, 2.75) is 43.4 Å². The van der Waals surface area contributed by atoms with Crippen LogP contribution in [0.25, 0.3) is 0 Å². The summed E-state index contributed by atoms with van der Waals surface area (Å²) in [6.45, 7) is 0. The Morgan fingerprint density at radius 2 is 2.00 bits per heavy atom. The van der Waals surface area contributed by atoms with Crippen molar-refractivity contribution >= 4 is 16.0 Å². The van der Waals surface area contributed by atoms with E-state index in [4.69, 9.17) is 5.26 Å². The van der Waals surface area contributed by atoms with Crippen molar-refractivity contribution in [2.24, 2.45) is 0 Å². The molecule has 0 spiro atoms. The van der Waals surface area contributed by atoms with E-state index in [1.807, 2.05) is 0 Å². The Morgan fingerprint density at radius 1 is 1.35 bits per heavy atom. The van der Waals surface area contributed by atoms with E-state index in [1.165, 1.54) is 6.07 Å². The lowest BCUT2D eigenvalue weighted by atomic mass is 9.83. The SMILES string of the molecule is N#Cc1cc(F)ccc1CS(=O)(=O)NC1(C(=O)O)CCCCC1. The highest BCUT2D eigenvalue weighted by Crippen LogP contribution is 2.29. The summed E-state index contributed by atoms with van der Waals surface area (Å²) in [5.41, 5.74) is -1.44. The van der Waals surface area contributed by atoms with Crippen LogP contribution in [0.4, 0.5) is 4.39 Å². The average molecular weight is 340 g/mol. The van der Waals surface area contributed by atoms with E-state index in [9.17, 15) is 22.7 Å². The Balaban J connectivity index is 2.25. The van der Waals surface area contributed by atoms with Crippen LogP contribution in [0.2, 0.25) is 0 Å². The van der Waals surface area contributed by atoms with Crippen molar-refractivity contribution in [3.63, 3.8) is 0 Å². The molecule has 0 radical (unpaired) electrons. The van der Waals surface area contributed by atoms with Crippen LogP contribution in [0.15, 0.2) is 18.2 Å². The predicted octanol–water partition coefficient (Wildman–Crippen LogP) is 1.90. The van der Waals surface area contributed by atoms with Crippen molar-refractivity contribution in [3.8, 4) is 6.07 Å². The molecule has 0 amide bonds. The number of carbonyl (C=O) groups is 1. The molecule has 1 fully saturated rings. The minimum atomic E-state index is -3.99. The number of hydrogen-bond acceptors (Lipinski definition) is 4. The number of sulfonamides is 1. The Hall–Kier alpha value is -1.98. The zero-order valence-electron chi connectivity index (χ0n) is 12.4. The van der Waals surface area contributed by atoms with Gasteiger partial charge in [0, 0.05) is 0 Å². The molecule has 2 N–H and O–H groups in total. The Kier molecular flexibility index (Phi) is 5.02. The van der Waals surface area contributed by atoms with E-state index in [0.29, 0.717) is 12.8 Å². The number of benzene rings is 1. The van der Waals surface area contributed by atoms with Crippen molar-refractivity contribution in [3.05, 3.63) is 35.1 Å². The average Bonchev–Trinajstić information content (AvgIpc) is 2.49. The highest BCUT2D eigenvalue weighted by Gasteiger charge is 2.42. The van der Waals surface area contributed by atoms with Gasteiger partial charge in [0.2, 0.25) is 10.0 Å². The number of halogens is 1. The summed E-state index contributed by atoms with van der Waals surface area (Å²) in [6, 6.07) is 5.00. The fraction of sp³-hybridized carbons (Fsp3) is 0.467. The number of rotatable bonds is 5. The first-order valence-electron chi connectivity index (χ1n) is 7.22. The molecular formula is C15H17FN2O4S. The molecule has 0 atom stereocenters. The van der Waals surface area contributed by atoms with Gasteiger partial charge in [-0.15, -0.1) is 0 Å². The van der Waals surface area contributed by atoms with Crippen LogP contribution in [0.1, 0.15) is 43.2 Å². The van der Waals surface area contributed by atoms with E-state index >= 15 is 0 Å². The maximum atomic E-state index is 13.1. The quantitative estimate of drug-likeness (QED) is 0.851. The lowest BCUT2D eigenvalue weighted by molar-refractivity contribution is -0.145. The maximum absolute atomic E-state index is 13.1. The van der Waals surface area contributed by atoms with Gasteiger partial charge in [-0.1, -0.05) is 25.3 Å². The molecule has 8 heteroatoms. The second-order valence-electron chi connectivity index (χ2n) is 5.72. The molecule has 0 aromatic heterocycles. The van der Waals surface area contributed by atoms with E-state index in [0.717, 1.165) is 18.6 Å². The first-order chi connectivity index (χ1) is 10.8. The topological polar surface area (TPSA) is 107 Å². The van der Waals surface area contributed by atoms with E-state index in [2.05, 4.69) is 4.72 Å². The fourth-order valence-electron chi connectivity index (χ4n) is 2.83. The molecule has 124 valence electrons. The molecule has 1 aliphatic carbocycles. The molecule has 0 aliphatic heterocycles. The Bertz CT molecular complexity index is 749. The van der Waals surface area contributed by atoms with Crippen LogP contribution in [0.5, 0.6) is 0 Å². The number of carboxylic acid groups (broad SMARTS) is 1. The molecule has 2 rings (SSSR count). The second-order valence-corrected chi connectivity index (χ2v) is 7.44. The van der Waals surface area contributed by atoms with Crippen LogP contribution >= 0.6 is 0 Å². The second kappa shape index (κ2) is 6.64. The zero-order chi connectivity index (χ0) is 17.1. The summed E-state index contributed by atoms with van der Waals surface area (Å²) in [5, 5.41) is 18.4. The summed E-state index contributed by atoms with van der Waals surface area (Å²) < 4.78 is 40.1. The largest absolute Gasteiger partial charge is 0.480 e. The van der Waals surface area contributed by atoms with Gasteiger partial charge in [-0.3, -0.25) is 4.79 Å².